The van der Waals surface area contributed by atoms with Crippen LogP contribution in [0.25, 0.3) is 0 Å². The molecule has 202 valence electrons. The molecule has 3 N–H and O–H groups in total. The van der Waals surface area contributed by atoms with Gasteiger partial charge in [0.25, 0.3) is 0 Å². The maximum absolute atomic E-state index is 14.0. The van der Waals surface area contributed by atoms with Crippen molar-refractivity contribution in [1.29, 1.82) is 0 Å². The molecule has 3 amide bonds. The SMILES string of the molecule is Cc1cccc(C)c1NC(=O)C1N(CCCCCO)C(=O)[C@@H]2[C@@H](C(=O)Nc3ccccc3)[C@@H]3OC12CC3Br. The number of unbranched alkanes of at least 4 members (excludes halogenated alkanes) is 2. The van der Waals surface area contributed by atoms with Gasteiger partial charge in [-0.1, -0.05) is 52.3 Å². The third-order valence-corrected chi connectivity index (χ3v) is 9.01. The Kier molecular flexibility index (Phi) is 7.62. The molecule has 3 saturated heterocycles. The Morgan fingerprint density at radius 3 is 2.42 bits per heavy atom. The number of anilines is 2. The van der Waals surface area contributed by atoms with Crippen LogP contribution in [0.2, 0.25) is 0 Å². The smallest absolute Gasteiger partial charge is 0.250 e. The molecule has 3 heterocycles. The van der Waals surface area contributed by atoms with Crippen molar-refractivity contribution in [3.63, 3.8) is 0 Å². The maximum Gasteiger partial charge on any atom is 0.250 e. The first kappa shape index (κ1) is 26.8. The lowest BCUT2D eigenvalue weighted by Crippen LogP contribution is -2.54. The van der Waals surface area contributed by atoms with E-state index < -0.39 is 29.6 Å². The summed E-state index contributed by atoms with van der Waals surface area (Å²) >= 11 is 3.71. The van der Waals surface area contributed by atoms with Gasteiger partial charge in [-0.25, -0.2) is 0 Å². The van der Waals surface area contributed by atoms with Gasteiger partial charge in [-0.15, -0.1) is 0 Å². The van der Waals surface area contributed by atoms with Gasteiger partial charge < -0.3 is 25.4 Å². The third kappa shape index (κ3) is 4.54. The Morgan fingerprint density at radius 1 is 1.03 bits per heavy atom. The highest BCUT2D eigenvalue weighted by atomic mass is 79.9. The van der Waals surface area contributed by atoms with E-state index in [1.54, 1.807) is 17.0 Å². The quantitative estimate of drug-likeness (QED) is 0.307. The monoisotopic (exact) mass is 583 g/mol. The van der Waals surface area contributed by atoms with Crippen LogP contribution in [0.15, 0.2) is 48.5 Å². The van der Waals surface area contributed by atoms with Gasteiger partial charge in [0.1, 0.15) is 11.6 Å². The van der Waals surface area contributed by atoms with Crippen LogP contribution >= 0.6 is 15.9 Å². The number of likely N-dealkylation sites (tertiary alicyclic amines) is 1. The van der Waals surface area contributed by atoms with E-state index in [1.165, 1.54) is 0 Å². The number of benzene rings is 2. The Labute approximate surface area is 231 Å². The summed E-state index contributed by atoms with van der Waals surface area (Å²) in [5, 5.41) is 15.3. The first-order chi connectivity index (χ1) is 18.3. The number of fused-ring (bicyclic) bond motifs is 1. The molecule has 3 unspecified atom stereocenters. The summed E-state index contributed by atoms with van der Waals surface area (Å²) < 4.78 is 6.56. The van der Waals surface area contributed by atoms with Crippen LogP contribution in [0.5, 0.6) is 0 Å². The van der Waals surface area contributed by atoms with Crippen molar-refractivity contribution >= 4 is 45.0 Å². The molecule has 8 nitrogen and oxygen atoms in total. The molecule has 3 aliphatic rings. The van der Waals surface area contributed by atoms with E-state index in [9.17, 15) is 19.5 Å². The zero-order valence-electron chi connectivity index (χ0n) is 21.7. The second-order valence-electron chi connectivity index (χ2n) is 10.6. The number of halogens is 1. The molecule has 3 aliphatic heterocycles. The van der Waals surface area contributed by atoms with Gasteiger partial charge in [0, 0.05) is 29.4 Å². The third-order valence-electron chi connectivity index (χ3n) is 8.17. The molecule has 3 fully saturated rings. The normalized spacial score (nSPS) is 29.4. The minimum atomic E-state index is -1.10. The van der Waals surface area contributed by atoms with Crippen molar-refractivity contribution in [3.8, 4) is 0 Å². The zero-order valence-corrected chi connectivity index (χ0v) is 23.2. The van der Waals surface area contributed by atoms with Crippen molar-refractivity contribution in [2.45, 2.75) is 62.1 Å². The number of carbonyl (C=O) groups excluding carboxylic acids is 3. The summed E-state index contributed by atoms with van der Waals surface area (Å²) in [7, 11) is 0. The van der Waals surface area contributed by atoms with Crippen LogP contribution < -0.4 is 10.6 Å². The van der Waals surface area contributed by atoms with Crippen molar-refractivity contribution < 1.29 is 24.2 Å². The first-order valence-electron chi connectivity index (χ1n) is 13.2. The van der Waals surface area contributed by atoms with Gasteiger partial charge >= 0.3 is 0 Å². The number of aliphatic hydroxyl groups is 1. The highest BCUT2D eigenvalue weighted by Gasteiger charge is 2.76. The molecule has 0 aliphatic carbocycles. The molecule has 0 aromatic heterocycles. The average molecular weight is 585 g/mol. The Morgan fingerprint density at radius 2 is 1.74 bits per heavy atom. The van der Waals surface area contributed by atoms with E-state index in [4.69, 9.17) is 4.74 Å². The standard InChI is InChI=1S/C29H34BrN3O5/c1-17-10-9-11-18(2)23(17)32-27(36)25-29-16-20(30)24(38-29)21(26(35)31-19-12-5-3-6-13-19)22(29)28(37)33(25)14-7-4-8-15-34/h3,5-6,9-13,20-22,24-25,34H,4,7-8,14-16H2,1-2H3,(H,31,35)(H,32,36)/t20?,21-,22+,24-,25?,29?/m1/s1. The van der Waals surface area contributed by atoms with E-state index in [0.717, 1.165) is 23.2 Å². The topological polar surface area (TPSA) is 108 Å². The van der Waals surface area contributed by atoms with Crippen LogP contribution in [0.3, 0.4) is 0 Å². The van der Waals surface area contributed by atoms with E-state index in [-0.39, 0.29) is 29.2 Å². The zero-order chi connectivity index (χ0) is 27.0. The number of hydrogen-bond donors (Lipinski definition) is 3. The molecule has 0 saturated carbocycles. The van der Waals surface area contributed by atoms with Crippen LogP contribution in [0.1, 0.15) is 36.8 Å². The number of hydrogen-bond acceptors (Lipinski definition) is 5. The predicted molar refractivity (Wildman–Crippen MR) is 148 cm³/mol. The fraction of sp³-hybridized carbons (Fsp3) is 0.483. The van der Waals surface area contributed by atoms with Crippen molar-refractivity contribution in [2.24, 2.45) is 11.8 Å². The van der Waals surface area contributed by atoms with Gasteiger partial charge in [0.2, 0.25) is 17.7 Å². The van der Waals surface area contributed by atoms with Gasteiger partial charge in [0.15, 0.2) is 0 Å². The molecular weight excluding hydrogens is 550 g/mol. The van der Waals surface area contributed by atoms with Crippen LogP contribution in [-0.2, 0) is 19.1 Å². The van der Waals surface area contributed by atoms with E-state index in [2.05, 4.69) is 26.6 Å². The fourth-order valence-corrected chi connectivity index (χ4v) is 7.43. The number of nitrogens with zero attached hydrogens (tertiary/aromatic N) is 1. The molecule has 2 aromatic carbocycles. The number of alkyl halides is 1. The molecule has 2 bridgehead atoms. The average Bonchev–Trinajstić information content (AvgIpc) is 3.48. The van der Waals surface area contributed by atoms with Gasteiger partial charge in [-0.2, -0.15) is 0 Å². The number of rotatable bonds is 9. The highest BCUT2D eigenvalue weighted by Crippen LogP contribution is 2.60. The largest absolute Gasteiger partial charge is 0.396 e. The molecule has 2 aromatic rings. The highest BCUT2D eigenvalue weighted by molar-refractivity contribution is 9.09. The number of ether oxygens (including phenoxy) is 1. The van der Waals surface area contributed by atoms with Gasteiger partial charge in [-0.05, 0) is 62.8 Å². The Hall–Kier alpha value is -2.75. The van der Waals surface area contributed by atoms with E-state index >= 15 is 0 Å². The summed E-state index contributed by atoms with van der Waals surface area (Å²) in [6, 6.07) is 14.1. The van der Waals surface area contributed by atoms with Crippen LogP contribution in [-0.4, -0.2) is 63.5 Å². The number of para-hydroxylation sites is 2. The van der Waals surface area contributed by atoms with Crippen molar-refractivity contribution in [1.82, 2.24) is 4.90 Å². The number of aryl methyl sites for hydroxylation is 2. The van der Waals surface area contributed by atoms with Crippen LogP contribution in [0, 0.1) is 25.7 Å². The van der Waals surface area contributed by atoms with E-state index in [1.807, 2.05) is 50.2 Å². The maximum atomic E-state index is 14.0. The molecule has 38 heavy (non-hydrogen) atoms. The summed E-state index contributed by atoms with van der Waals surface area (Å²) in [4.78, 5) is 43.1. The number of nitrogens with one attached hydrogen (secondary N) is 2. The van der Waals surface area contributed by atoms with Crippen molar-refractivity contribution in [2.75, 3.05) is 23.8 Å². The Balaban J connectivity index is 1.48. The molecule has 0 radical (unpaired) electrons. The lowest BCUT2D eigenvalue weighted by Gasteiger charge is -2.34. The first-order valence-corrected chi connectivity index (χ1v) is 14.2. The minimum Gasteiger partial charge on any atom is -0.396 e. The van der Waals surface area contributed by atoms with Gasteiger partial charge in [0.05, 0.1) is 17.9 Å². The molecule has 9 heteroatoms. The number of amides is 3. The second-order valence-corrected chi connectivity index (χ2v) is 11.8. The van der Waals surface area contributed by atoms with Crippen LogP contribution in [0.4, 0.5) is 11.4 Å². The lowest BCUT2D eigenvalue weighted by molar-refractivity contribution is -0.139. The van der Waals surface area contributed by atoms with E-state index in [0.29, 0.717) is 31.5 Å². The fourth-order valence-electron chi connectivity index (χ4n) is 6.49. The molecule has 5 rings (SSSR count). The Bertz CT molecular complexity index is 1200. The summed E-state index contributed by atoms with van der Waals surface area (Å²) in [6.45, 7) is 4.31. The second kappa shape index (κ2) is 10.8. The van der Waals surface area contributed by atoms with Gasteiger partial charge in [-0.3, -0.25) is 14.4 Å². The summed E-state index contributed by atoms with van der Waals surface area (Å²) in [5.41, 5.74) is 2.14. The summed E-state index contributed by atoms with van der Waals surface area (Å²) in [5.74, 6) is -2.27. The number of aliphatic hydroxyl groups excluding tert-OH is 1. The number of carbonyl (C=O) groups is 3. The molecule has 6 atom stereocenters. The summed E-state index contributed by atoms with van der Waals surface area (Å²) in [6.07, 6.45) is 1.94. The van der Waals surface area contributed by atoms with Crippen molar-refractivity contribution in [3.05, 3.63) is 59.7 Å². The minimum absolute atomic E-state index is 0.0781. The molecular formula is C29H34BrN3O5. The predicted octanol–water partition coefficient (Wildman–Crippen LogP) is 3.79. The lowest BCUT2D eigenvalue weighted by atomic mass is 9.70. The molecule has 1 spiro atoms.